The number of carbonyl (C=O) groups excluding carboxylic acids is 10. The number of nitrogens with one attached hydrogen (secondary N) is 4. The van der Waals surface area contributed by atoms with E-state index in [-0.39, 0.29) is 55.6 Å². The highest BCUT2D eigenvalue weighted by Crippen LogP contribution is 2.41. The molecule has 0 bridgehead atoms. The van der Waals surface area contributed by atoms with Gasteiger partial charge in [0, 0.05) is 91.5 Å². The lowest BCUT2D eigenvalue weighted by molar-refractivity contribution is -0.141. The van der Waals surface area contributed by atoms with Gasteiger partial charge in [-0.3, -0.25) is 57.8 Å². The summed E-state index contributed by atoms with van der Waals surface area (Å²) in [5, 5.41) is 20.6. The van der Waals surface area contributed by atoms with Crippen molar-refractivity contribution < 1.29 is 61.8 Å². The number of carbonyl (C=O) groups is 10. The molecule has 22 heteroatoms. The third-order valence-corrected chi connectivity index (χ3v) is 12.5. The van der Waals surface area contributed by atoms with Crippen molar-refractivity contribution in [3.63, 3.8) is 0 Å². The molecule has 0 spiro atoms. The first-order valence-corrected chi connectivity index (χ1v) is 24.5. The zero-order valence-electron chi connectivity index (χ0n) is 42.8. The predicted octanol–water partition coefficient (Wildman–Crippen LogP) is 2.82. The summed E-state index contributed by atoms with van der Waals surface area (Å²) in [6.45, 7) is 6.42. The quantitative estimate of drug-likeness (QED) is 0.0372. The molecule has 0 fully saturated rings. The van der Waals surface area contributed by atoms with Gasteiger partial charge in [0.2, 0.25) is 29.5 Å². The fourth-order valence-corrected chi connectivity index (χ4v) is 8.53. The lowest BCUT2D eigenvalue weighted by Gasteiger charge is -2.41. The standard InChI is InChI=1S/C54H63F2N9O11/c1-32(24-44(68)33(2)60-51(74)35-17-21-58-22-18-35)50(73)62-42(27-45(57)69)53(76)61-41(52(75)59-20-9-12-38(67)30-65-46(70)15-16-47(65)71)19-23-64(48(72)31-66)49(54(3,4)5)43-25-36(39-26-37(55)13-14-40(39)56)29-63(43)28-34-10-7-6-8-11-34/h6-8,10-11,13-18,21-22,25-26,29,32-33,41-42,49,66H,9,12,19-20,23-24,27-28,30-31H2,1-5H3,(H2,57,69)(H,59,75)(H,60,74)(H,61,76)(H,62,73)/t32-,33-,41-,42-,49-/m0/s1. The summed E-state index contributed by atoms with van der Waals surface area (Å²) in [5.41, 5.74) is 6.34. The molecule has 404 valence electrons. The van der Waals surface area contributed by atoms with E-state index in [1.807, 2.05) is 51.1 Å². The molecule has 2 aromatic carbocycles. The minimum absolute atomic E-state index is 0.0196. The van der Waals surface area contributed by atoms with Crippen LogP contribution in [-0.4, -0.2) is 128 Å². The normalized spacial score (nSPS) is 14.2. The van der Waals surface area contributed by atoms with Crippen LogP contribution >= 0.6 is 0 Å². The minimum atomic E-state index is -1.70. The molecule has 20 nitrogen and oxygen atoms in total. The van der Waals surface area contributed by atoms with Crippen LogP contribution in [0.15, 0.2) is 97.5 Å². The molecule has 0 unspecified atom stereocenters. The maximum atomic E-state index is 15.4. The zero-order chi connectivity index (χ0) is 55.9. The fraction of sp³-hybridized carbons (Fsp3) is 0.389. The predicted molar refractivity (Wildman–Crippen MR) is 272 cm³/mol. The van der Waals surface area contributed by atoms with Gasteiger partial charge in [-0.05, 0) is 67.1 Å². The number of Topliss-reactive ketones (excluding diaryl/α,β-unsaturated/α-hetero) is 2. The van der Waals surface area contributed by atoms with Crippen LogP contribution in [0.3, 0.4) is 0 Å². The van der Waals surface area contributed by atoms with Crippen LogP contribution in [0.1, 0.15) is 94.4 Å². The Balaban J connectivity index is 1.42. The molecule has 5 rings (SSSR count). The molecule has 0 radical (unpaired) electrons. The van der Waals surface area contributed by atoms with E-state index in [1.54, 1.807) is 16.8 Å². The average Bonchev–Trinajstić information content (AvgIpc) is 3.93. The Hall–Kier alpha value is -8.27. The summed E-state index contributed by atoms with van der Waals surface area (Å²) in [6, 6.07) is 11.4. The lowest BCUT2D eigenvalue weighted by Crippen LogP contribution is -2.56. The number of imide groups is 1. The number of benzene rings is 2. The van der Waals surface area contributed by atoms with Gasteiger partial charge in [-0.2, -0.15) is 0 Å². The largest absolute Gasteiger partial charge is 0.387 e. The third-order valence-electron chi connectivity index (χ3n) is 12.5. The first kappa shape index (κ1) is 58.6. The number of nitrogens with zero attached hydrogens (tertiary/aromatic N) is 4. The van der Waals surface area contributed by atoms with E-state index in [0.717, 1.165) is 40.8 Å². The summed E-state index contributed by atoms with van der Waals surface area (Å²) in [6.07, 6.45) is 4.79. The molecule has 7 N–H and O–H groups in total. The highest BCUT2D eigenvalue weighted by atomic mass is 19.1. The third kappa shape index (κ3) is 16.4. The molecule has 2 aromatic heterocycles. The topological polar surface area (TPSA) is 289 Å². The number of hydrogen-bond acceptors (Lipinski definition) is 12. The zero-order valence-corrected chi connectivity index (χ0v) is 42.8. The number of aliphatic hydroxyl groups is 1. The molecule has 0 saturated carbocycles. The van der Waals surface area contributed by atoms with Gasteiger partial charge in [0.15, 0.2) is 11.6 Å². The average molecular weight is 1050 g/mol. The summed E-state index contributed by atoms with van der Waals surface area (Å²) in [5.74, 6) is -10.0. The van der Waals surface area contributed by atoms with Crippen LogP contribution in [0.25, 0.3) is 11.1 Å². The van der Waals surface area contributed by atoms with Gasteiger partial charge in [0.1, 0.15) is 30.3 Å². The van der Waals surface area contributed by atoms with Crippen molar-refractivity contribution in [1.29, 1.82) is 0 Å². The first-order chi connectivity index (χ1) is 36.0. The Morgan fingerprint density at radius 1 is 0.816 bits per heavy atom. The maximum Gasteiger partial charge on any atom is 0.254 e. The van der Waals surface area contributed by atoms with E-state index in [4.69, 9.17) is 5.73 Å². The molecule has 8 amide bonds. The second kappa shape index (κ2) is 26.8. The van der Waals surface area contributed by atoms with Crippen molar-refractivity contribution >= 4 is 58.8 Å². The molecule has 3 heterocycles. The highest BCUT2D eigenvalue weighted by molar-refractivity contribution is 6.14. The van der Waals surface area contributed by atoms with Crippen LogP contribution in [0, 0.1) is 23.0 Å². The van der Waals surface area contributed by atoms with E-state index in [1.165, 1.54) is 43.3 Å². The van der Waals surface area contributed by atoms with Crippen molar-refractivity contribution in [2.45, 2.75) is 97.4 Å². The number of aliphatic hydroxyl groups excluding tert-OH is 1. The highest BCUT2D eigenvalue weighted by Gasteiger charge is 2.39. The number of amides is 8. The molecule has 0 saturated heterocycles. The number of pyridine rings is 1. The first-order valence-electron chi connectivity index (χ1n) is 24.5. The number of halogens is 2. The van der Waals surface area contributed by atoms with E-state index >= 15 is 4.39 Å². The van der Waals surface area contributed by atoms with Crippen LogP contribution < -0.4 is 27.0 Å². The molecule has 4 aromatic rings. The van der Waals surface area contributed by atoms with Gasteiger partial charge in [-0.25, -0.2) is 8.78 Å². The van der Waals surface area contributed by atoms with E-state index in [9.17, 15) is 57.4 Å². The fourth-order valence-electron chi connectivity index (χ4n) is 8.53. The molecule has 0 aliphatic carbocycles. The molecule has 5 atom stereocenters. The number of aromatic nitrogens is 2. The van der Waals surface area contributed by atoms with Gasteiger partial charge in [-0.1, -0.05) is 58.0 Å². The number of rotatable bonds is 27. The molecule has 1 aliphatic rings. The Bertz CT molecular complexity index is 2820. The number of nitrogens with two attached hydrogens (primary N) is 1. The second-order valence-corrected chi connectivity index (χ2v) is 19.5. The summed E-state index contributed by atoms with van der Waals surface area (Å²) in [7, 11) is 0. The second-order valence-electron chi connectivity index (χ2n) is 19.5. The van der Waals surface area contributed by atoms with Crippen molar-refractivity contribution in [3.05, 3.63) is 126 Å². The Labute approximate surface area is 437 Å². The summed E-state index contributed by atoms with van der Waals surface area (Å²) >= 11 is 0. The van der Waals surface area contributed by atoms with Crippen LogP contribution in [0.4, 0.5) is 8.78 Å². The van der Waals surface area contributed by atoms with Gasteiger partial charge >= 0.3 is 0 Å². The molecule has 76 heavy (non-hydrogen) atoms. The summed E-state index contributed by atoms with van der Waals surface area (Å²) in [4.78, 5) is 137. The summed E-state index contributed by atoms with van der Waals surface area (Å²) < 4.78 is 31.8. The Morgan fingerprint density at radius 2 is 1.47 bits per heavy atom. The van der Waals surface area contributed by atoms with Crippen LogP contribution in [0.5, 0.6) is 0 Å². The number of primary amides is 1. The van der Waals surface area contributed by atoms with E-state index < -0.39 is 132 Å². The number of hydrogen-bond donors (Lipinski definition) is 6. The smallest absolute Gasteiger partial charge is 0.254 e. The molecular weight excluding hydrogens is 989 g/mol. The van der Waals surface area contributed by atoms with Gasteiger partial charge in [0.05, 0.1) is 25.0 Å². The monoisotopic (exact) mass is 1050 g/mol. The van der Waals surface area contributed by atoms with Gasteiger partial charge in [0.25, 0.3) is 17.7 Å². The van der Waals surface area contributed by atoms with Crippen molar-refractivity contribution in [2.24, 2.45) is 17.1 Å². The van der Waals surface area contributed by atoms with E-state index in [2.05, 4.69) is 26.3 Å². The Kier molecular flexibility index (Phi) is 20.7. The molecular formula is C54H63F2N9O11. The van der Waals surface area contributed by atoms with Crippen molar-refractivity contribution in [1.82, 2.24) is 40.6 Å². The van der Waals surface area contributed by atoms with Gasteiger partial charge < -0.3 is 41.6 Å². The van der Waals surface area contributed by atoms with Crippen molar-refractivity contribution in [2.75, 3.05) is 26.2 Å². The van der Waals surface area contributed by atoms with E-state index in [0.29, 0.717) is 5.69 Å². The number of ketones is 2. The van der Waals surface area contributed by atoms with Crippen molar-refractivity contribution in [3.8, 4) is 11.1 Å². The maximum absolute atomic E-state index is 15.4. The van der Waals surface area contributed by atoms with Crippen LogP contribution in [0.2, 0.25) is 0 Å². The molecule has 1 aliphatic heterocycles. The lowest BCUT2D eigenvalue weighted by atomic mass is 9.82. The van der Waals surface area contributed by atoms with Gasteiger partial charge in [-0.15, -0.1) is 0 Å². The van der Waals surface area contributed by atoms with Crippen LogP contribution in [-0.2, 0) is 49.7 Å². The minimum Gasteiger partial charge on any atom is -0.387 e. The SMILES string of the molecule is C[C@H](NC(=O)c1ccncc1)C(=O)C[C@H](C)C(=O)N[C@@H](CC(N)=O)C(=O)N[C@@H](CCN(C(=O)CO)[C@@H](c1cc(-c2cc(F)ccc2F)cn1Cc1ccccc1)C(C)(C)C)C(=O)NCCCC(=O)CN1C(=O)C=CC1=O. The Morgan fingerprint density at radius 3 is 2.11 bits per heavy atom.